The van der Waals surface area contributed by atoms with Gasteiger partial charge in [-0.05, 0) is 26.0 Å². The molecule has 3 rings (SSSR count). The highest BCUT2D eigenvalue weighted by Crippen LogP contribution is 2.31. The highest BCUT2D eigenvalue weighted by Gasteiger charge is 2.10. The Morgan fingerprint density at radius 3 is 2.19 bits per heavy atom. The van der Waals surface area contributed by atoms with Crippen molar-refractivity contribution in [2.45, 2.75) is 19.9 Å². The molecule has 0 saturated carbocycles. The Labute approximate surface area is 159 Å². The monoisotopic (exact) mass is 364 g/mol. The molecule has 3 aromatic rings. The van der Waals surface area contributed by atoms with Gasteiger partial charge in [0.2, 0.25) is 0 Å². The van der Waals surface area contributed by atoms with Gasteiger partial charge in [-0.2, -0.15) is 0 Å². The molecule has 27 heavy (non-hydrogen) atoms. The Bertz CT molecular complexity index is 898. The first-order valence-corrected chi connectivity index (χ1v) is 8.79. The van der Waals surface area contributed by atoms with Crippen LogP contribution in [0.4, 0.5) is 17.3 Å². The van der Waals surface area contributed by atoms with Crippen molar-refractivity contribution in [3.05, 3.63) is 54.6 Å². The van der Waals surface area contributed by atoms with Crippen LogP contribution >= 0.6 is 0 Å². The Morgan fingerprint density at radius 2 is 1.52 bits per heavy atom. The third-order valence-electron chi connectivity index (χ3n) is 3.85. The fourth-order valence-corrected chi connectivity index (χ4v) is 2.66. The molecule has 140 valence electrons. The van der Waals surface area contributed by atoms with Crippen LogP contribution in [0.3, 0.4) is 0 Å². The first-order valence-electron chi connectivity index (χ1n) is 8.79. The molecule has 0 unspecified atom stereocenters. The van der Waals surface area contributed by atoms with Crippen LogP contribution in [0.15, 0.2) is 54.6 Å². The molecule has 1 heterocycles. The van der Waals surface area contributed by atoms with Gasteiger partial charge in [0.1, 0.15) is 11.6 Å². The molecule has 0 amide bonds. The molecule has 0 aliphatic heterocycles. The van der Waals surface area contributed by atoms with Crippen LogP contribution in [0.2, 0.25) is 0 Å². The van der Waals surface area contributed by atoms with Gasteiger partial charge in [-0.3, -0.25) is 0 Å². The van der Waals surface area contributed by atoms with Crippen LogP contribution in [0.25, 0.3) is 11.4 Å². The van der Waals surface area contributed by atoms with Crippen molar-refractivity contribution in [3.63, 3.8) is 0 Å². The van der Waals surface area contributed by atoms with E-state index in [0.717, 1.165) is 17.1 Å². The van der Waals surface area contributed by atoms with E-state index >= 15 is 0 Å². The zero-order chi connectivity index (χ0) is 19.2. The van der Waals surface area contributed by atoms with E-state index in [4.69, 9.17) is 9.47 Å². The van der Waals surface area contributed by atoms with Crippen LogP contribution in [0.1, 0.15) is 13.8 Å². The van der Waals surface area contributed by atoms with E-state index in [1.165, 1.54) is 0 Å². The van der Waals surface area contributed by atoms with E-state index in [-0.39, 0.29) is 6.04 Å². The van der Waals surface area contributed by atoms with Crippen LogP contribution in [-0.2, 0) is 0 Å². The molecule has 0 aliphatic rings. The van der Waals surface area contributed by atoms with Crippen LogP contribution in [0, 0.1) is 0 Å². The molecule has 2 N–H and O–H groups in total. The molecule has 0 bridgehead atoms. The van der Waals surface area contributed by atoms with Crippen LogP contribution in [0.5, 0.6) is 11.5 Å². The van der Waals surface area contributed by atoms with Gasteiger partial charge in [-0.25, -0.2) is 9.97 Å². The number of benzene rings is 2. The summed E-state index contributed by atoms with van der Waals surface area (Å²) in [6, 6.07) is 17.7. The first kappa shape index (κ1) is 18.5. The predicted octanol–water partition coefficient (Wildman–Crippen LogP) is 4.72. The van der Waals surface area contributed by atoms with Gasteiger partial charge in [-0.15, -0.1) is 0 Å². The third kappa shape index (κ3) is 4.67. The third-order valence-corrected chi connectivity index (χ3v) is 3.85. The number of hydrogen-bond acceptors (Lipinski definition) is 6. The Kier molecular flexibility index (Phi) is 5.76. The maximum absolute atomic E-state index is 5.37. The molecule has 0 aliphatic carbocycles. The zero-order valence-corrected chi connectivity index (χ0v) is 16.0. The quantitative estimate of drug-likeness (QED) is 0.632. The smallest absolute Gasteiger partial charge is 0.163 e. The Morgan fingerprint density at radius 1 is 0.815 bits per heavy atom. The summed E-state index contributed by atoms with van der Waals surface area (Å²) >= 11 is 0. The van der Waals surface area contributed by atoms with Crippen molar-refractivity contribution in [1.29, 1.82) is 0 Å². The normalized spacial score (nSPS) is 10.6. The molecule has 0 fully saturated rings. The standard InChI is InChI=1S/C21H24N4O2/c1-14(2)22-19-13-20(25-21(24-19)15-8-6-5-7-9-15)23-16-10-11-17(26-3)18(12-16)27-4/h5-14H,1-4H3,(H2,22,23,24,25). The minimum absolute atomic E-state index is 0.262. The molecule has 6 nitrogen and oxygen atoms in total. The summed E-state index contributed by atoms with van der Waals surface area (Å²) in [5.74, 6) is 3.45. The van der Waals surface area contributed by atoms with Crippen LogP contribution < -0.4 is 20.1 Å². The van der Waals surface area contributed by atoms with E-state index in [0.29, 0.717) is 23.1 Å². The number of ether oxygens (including phenoxy) is 2. The van der Waals surface area contributed by atoms with Crippen molar-refractivity contribution in [2.24, 2.45) is 0 Å². The van der Waals surface area contributed by atoms with Crippen LogP contribution in [-0.4, -0.2) is 30.2 Å². The highest BCUT2D eigenvalue weighted by atomic mass is 16.5. The topological polar surface area (TPSA) is 68.3 Å². The number of methoxy groups -OCH3 is 2. The van der Waals surface area contributed by atoms with E-state index in [2.05, 4.69) is 34.4 Å². The van der Waals surface area contributed by atoms with Crippen molar-refractivity contribution in [1.82, 2.24) is 9.97 Å². The number of hydrogen-bond donors (Lipinski definition) is 2. The second kappa shape index (κ2) is 8.40. The van der Waals surface area contributed by atoms with Gasteiger partial charge in [-0.1, -0.05) is 30.3 Å². The first-order chi connectivity index (χ1) is 13.1. The summed E-state index contributed by atoms with van der Waals surface area (Å²) in [5, 5.41) is 6.67. The van der Waals surface area contributed by atoms with Crippen molar-refractivity contribution in [2.75, 3.05) is 24.9 Å². The fourth-order valence-electron chi connectivity index (χ4n) is 2.66. The minimum Gasteiger partial charge on any atom is -0.493 e. The lowest BCUT2D eigenvalue weighted by Gasteiger charge is -2.14. The maximum Gasteiger partial charge on any atom is 0.163 e. The summed E-state index contributed by atoms with van der Waals surface area (Å²) in [5.41, 5.74) is 1.81. The van der Waals surface area contributed by atoms with E-state index < -0.39 is 0 Å². The molecule has 2 aromatic carbocycles. The number of nitrogens with one attached hydrogen (secondary N) is 2. The highest BCUT2D eigenvalue weighted by molar-refractivity contribution is 5.66. The largest absolute Gasteiger partial charge is 0.493 e. The number of rotatable bonds is 7. The molecule has 0 radical (unpaired) electrons. The minimum atomic E-state index is 0.262. The zero-order valence-electron chi connectivity index (χ0n) is 16.0. The lowest BCUT2D eigenvalue weighted by Crippen LogP contribution is -2.12. The molecular weight excluding hydrogens is 340 g/mol. The van der Waals surface area contributed by atoms with E-state index in [1.807, 2.05) is 54.6 Å². The number of anilines is 3. The fraction of sp³-hybridized carbons (Fsp3) is 0.238. The van der Waals surface area contributed by atoms with Gasteiger partial charge in [0.15, 0.2) is 17.3 Å². The molecule has 1 aromatic heterocycles. The molecular formula is C21H24N4O2. The number of nitrogens with zero attached hydrogens (tertiary/aromatic N) is 2. The second-order valence-corrected chi connectivity index (χ2v) is 6.32. The van der Waals surface area contributed by atoms with Gasteiger partial charge < -0.3 is 20.1 Å². The summed E-state index contributed by atoms with van der Waals surface area (Å²) < 4.78 is 10.7. The average Bonchev–Trinajstić information content (AvgIpc) is 2.68. The summed E-state index contributed by atoms with van der Waals surface area (Å²) in [6.07, 6.45) is 0. The van der Waals surface area contributed by atoms with Gasteiger partial charge in [0.05, 0.1) is 14.2 Å². The molecule has 0 spiro atoms. The SMILES string of the molecule is COc1ccc(Nc2cc(NC(C)C)nc(-c3ccccc3)n2)cc1OC. The maximum atomic E-state index is 5.37. The van der Waals surface area contributed by atoms with Crippen molar-refractivity contribution >= 4 is 17.3 Å². The summed E-state index contributed by atoms with van der Waals surface area (Å²) in [4.78, 5) is 9.31. The van der Waals surface area contributed by atoms with Gasteiger partial charge in [0.25, 0.3) is 0 Å². The molecule has 0 saturated heterocycles. The summed E-state index contributed by atoms with van der Waals surface area (Å²) in [6.45, 7) is 4.15. The summed E-state index contributed by atoms with van der Waals surface area (Å²) in [7, 11) is 3.23. The predicted molar refractivity (Wildman–Crippen MR) is 109 cm³/mol. The van der Waals surface area contributed by atoms with E-state index in [1.54, 1.807) is 14.2 Å². The van der Waals surface area contributed by atoms with Crippen molar-refractivity contribution < 1.29 is 9.47 Å². The lowest BCUT2D eigenvalue weighted by molar-refractivity contribution is 0.355. The molecule has 6 heteroatoms. The second-order valence-electron chi connectivity index (χ2n) is 6.32. The average molecular weight is 364 g/mol. The van der Waals surface area contributed by atoms with Gasteiger partial charge in [0, 0.05) is 29.4 Å². The molecule has 0 atom stereocenters. The number of aromatic nitrogens is 2. The lowest BCUT2D eigenvalue weighted by atomic mass is 10.2. The van der Waals surface area contributed by atoms with Crippen molar-refractivity contribution in [3.8, 4) is 22.9 Å². The Hall–Kier alpha value is -3.28. The van der Waals surface area contributed by atoms with Gasteiger partial charge >= 0.3 is 0 Å². The van der Waals surface area contributed by atoms with E-state index in [9.17, 15) is 0 Å². The Balaban J connectivity index is 1.96.